The zero-order valence-electron chi connectivity index (χ0n) is 8.96. The van der Waals surface area contributed by atoms with E-state index in [0.717, 1.165) is 16.6 Å². The lowest BCUT2D eigenvalue weighted by molar-refractivity contribution is 0.569. The van der Waals surface area contributed by atoms with Gasteiger partial charge in [-0.1, -0.05) is 40.2 Å². The van der Waals surface area contributed by atoms with Crippen molar-refractivity contribution >= 4 is 15.9 Å². The smallest absolute Gasteiger partial charge is 0.0447 e. The summed E-state index contributed by atoms with van der Waals surface area (Å²) in [6.45, 7) is 7.26. The van der Waals surface area contributed by atoms with Crippen molar-refractivity contribution in [2.24, 2.45) is 5.73 Å². The van der Waals surface area contributed by atoms with Gasteiger partial charge in [0.05, 0.1) is 0 Å². The van der Waals surface area contributed by atoms with E-state index >= 15 is 0 Å². The molecule has 1 unspecified atom stereocenters. The van der Waals surface area contributed by atoms with Gasteiger partial charge in [-0.2, -0.15) is 0 Å². The van der Waals surface area contributed by atoms with Gasteiger partial charge in [0.2, 0.25) is 0 Å². The fourth-order valence-electron chi connectivity index (χ4n) is 1.33. The summed E-state index contributed by atoms with van der Waals surface area (Å²) in [6.07, 6.45) is 0. The molecule has 0 bridgehead atoms. The Hall–Kier alpha value is -0.640. The van der Waals surface area contributed by atoms with Gasteiger partial charge in [0.1, 0.15) is 0 Å². The van der Waals surface area contributed by atoms with E-state index in [4.69, 9.17) is 5.73 Å². The highest BCUT2D eigenvalue weighted by Crippen LogP contribution is 2.16. The van der Waals surface area contributed by atoms with E-state index in [1.165, 1.54) is 5.56 Å². The Kier molecular flexibility index (Phi) is 5.02. The fourth-order valence-corrected chi connectivity index (χ4v) is 1.59. The molecule has 0 fully saturated rings. The average Bonchev–Trinajstić information content (AvgIpc) is 2.21. The van der Waals surface area contributed by atoms with Gasteiger partial charge < -0.3 is 11.1 Å². The van der Waals surface area contributed by atoms with Gasteiger partial charge in [-0.3, -0.25) is 0 Å². The third kappa shape index (κ3) is 4.16. The van der Waals surface area contributed by atoms with Crippen molar-refractivity contribution in [2.75, 3.05) is 13.1 Å². The van der Waals surface area contributed by atoms with Crippen LogP contribution in [0.4, 0.5) is 0 Å². The first-order chi connectivity index (χ1) is 7.13. The van der Waals surface area contributed by atoms with Gasteiger partial charge in [-0.25, -0.2) is 0 Å². The van der Waals surface area contributed by atoms with Crippen LogP contribution in [0.2, 0.25) is 0 Å². The van der Waals surface area contributed by atoms with E-state index in [-0.39, 0.29) is 6.04 Å². The second-order valence-electron chi connectivity index (χ2n) is 3.68. The maximum absolute atomic E-state index is 5.73. The number of benzene rings is 1. The molecule has 1 aromatic carbocycles. The Bertz CT molecular complexity index is 319. The summed E-state index contributed by atoms with van der Waals surface area (Å²) in [5, 5.41) is 3.36. The molecule has 0 aliphatic carbocycles. The van der Waals surface area contributed by atoms with E-state index in [9.17, 15) is 0 Å². The summed E-state index contributed by atoms with van der Waals surface area (Å²) < 4.78 is 1.09. The highest BCUT2D eigenvalue weighted by Gasteiger charge is 2.07. The minimum atomic E-state index is 0.204. The standard InChI is InChI=1S/C12H17BrN2/c1-9(2)8-15-12(7-14)10-3-5-11(13)6-4-10/h3-6,12,15H,1,7-8,14H2,2H3. The van der Waals surface area contributed by atoms with Crippen LogP contribution in [-0.2, 0) is 0 Å². The molecule has 0 aliphatic heterocycles. The van der Waals surface area contributed by atoms with Crippen molar-refractivity contribution in [1.29, 1.82) is 0 Å². The molecule has 0 aliphatic rings. The average molecular weight is 269 g/mol. The first kappa shape index (κ1) is 12.4. The molecule has 0 saturated carbocycles. The summed E-state index contributed by atoms with van der Waals surface area (Å²) in [4.78, 5) is 0. The van der Waals surface area contributed by atoms with E-state index < -0.39 is 0 Å². The van der Waals surface area contributed by atoms with Crippen LogP contribution in [0, 0.1) is 0 Å². The number of nitrogens with one attached hydrogen (secondary N) is 1. The van der Waals surface area contributed by atoms with Crippen LogP contribution < -0.4 is 11.1 Å². The molecule has 0 heterocycles. The molecule has 0 radical (unpaired) electrons. The fraction of sp³-hybridized carbons (Fsp3) is 0.333. The number of hydrogen-bond acceptors (Lipinski definition) is 2. The minimum Gasteiger partial charge on any atom is -0.329 e. The molecule has 3 heteroatoms. The molecule has 0 spiro atoms. The molecule has 2 nitrogen and oxygen atoms in total. The maximum atomic E-state index is 5.73. The van der Waals surface area contributed by atoms with Crippen LogP contribution in [-0.4, -0.2) is 13.1 Å². The van der Waals surface area contributed by atoms with Crippen LogP contribution >= 0.6 is 15.9 Å². The summed E-state index contributed by atoms with van der Waals surface area (Å²) in [5.41, 5.74) is 8.05. The molecule has 1 rings (SSSR count). The highest BCUT2D eigenvalue weighted by atomic mass is 79.9. The first-order valence-corrected chi connectivity index (χ1v) is 5.76. The summed E-state index contributed by atoms with van der Waals surface area (Å²) >= 11 is 3.41. The van der Waals surface area contributed by atoms with Crippen LogP contribution in [0.25, 0.3) is 0 Å². The Labute approximate surface area is 99.7 Å². The van der Waals surface area contributed by atoms with Crippen LogP contribution in [0.5, 0.6) is 0 Å². The third-order valence-electron chi connectivity index (χ3n) is 2.16. The molecule has 0 amide bonds. The van der Waals surface area contributed by atoms with Crippen LogP contribution in [0.3, 0.4) is 0 Å². The summed E-state index contributed by atoms with van der Waals surface area (Å²) in [7, 11) is 0. The molecule has 0 aromatic heterocycles. The summed E-state index contributed by atoms with van der Waals surface area (Å²) in [5.74, 6) is 0. The predicted molar refractivity (Wildman–Crippen MR) is 68.8 cm³/mol. The number of rotatable bonds is 5. The Morgan fingerprint density at radius 2 is 2.07 bits per heavy atom. The summed E-state index contributed by atoms with van der Waals surface area (Å²) in [6, 6.07) is 8.41. The second kappa shape index (κ2) is 6.05. The Morgan fingerprint density at radius 3 is 2.53 bits per heavy atom. The largest absolute Gasteiger partial charge is 0.329 e. The lowest BCUT2D eigenvalue weighted by Crippen LogP contribution is -2.29. The van der Waals surface area contributed by atoms with Crippen LogP contribution in [0.1, 0.15) is 18.5 Å². The molecule has 3 N–H and O–H groups in total. The van der Waals surface area contributed by atoms with Gasteiger partial charge in [0, 0.05) is 23.6 Å². The second-order valence-corrected chi connectivity index (χ2v) is 4.59. The highest BCUT2D eigenvalue weighted by molar-refractivity contribution is 9.10. The molecule has 0 saturated heterocycles. The molecule has 1 aromatic rings. The Morgan fingerprint density at radius 1 is 1.47 bits per heavy atom. The van der Waals surface area contributed by atoms with Crippen molar-refractivity contribution in [3.05, 3.63) is 46.5 Å². The van der Waals surface area contributed by atoms with E-state index in [1.54, 1.807) is 0 Å². The van der Waals surface area contributed by atoms with Gasteiger partial charge in [0.25, 0.3) is 0 Å². The molecule has 15 heavy (non-hydrogen) atoms. The van der Waals surface area contributed by atoms with Crippen molar-refractivity contribution < 1.29 is 0 Å². The van der Waals surface area contributed by atoms with E-state index in [2.05, 4.69) is 40.0 Å². The monoisotopic (exact) mass is 268 g/mol. The predicted octanol–water partition coefficient (Wildman–Crippen LogP) is 2.61. The molecule has 1 atom stereocenters. The quantitative estimate of drug-likeness (QED) is 0.806. The zero-order chi connectivity index (χ0) is 11.3. The Balaban J connectivity index is 2.65. The van der Waals surface area contributed by atoms with Crippen molar-refractivity contribution in [3.8, 4) is 0 Å². The lowest BCUT2D eigenvalue weighted by Gasteiger charge is -2.17. The van der Waals surface area contributed by atoms with Crippen molar-refractivity contribution in [2.45, 2.75) is 13.0 Å². The lowest BCUT2D eigenvalue weighted by atomic mass is 10.1. The SMILES string of the molecule is C=C(C)CNC(CN)c1ccc(Br)cc1. The van der Waals surface area contributed by atoms with E-state index in [0.29, 0.717) is 6.54 Å². The van der Waals surface area contributed by atoms with Crippen LogP contribution in [0.15, 0.2) is 40.9 Å². The third-order valence-corrected chi connectivity index (χ3v) is 2.69. The topological polar surface area (TPSA) is 38.0 Å². The first-order valence-electron chi connectivity index (χ1n) is 4.96. The molecular formula is C12H17BrN2. The molecular weight excluding hydrogens is 252 g/mol. The maximum Gasteiger partial charge on any atom is 0.0447 e. The minimum absolute atomic E-state index is 0.204. The normalized spacial score (nSPS) is 12.5. The number of nitrogens with two attached hydrogens (primary N) is 1. The number of halogens is 1. The van der Waals surface area contributed by atoms with Crippen molar-refractivity contribution in [3.63, 3.8) is 0 Å². The number of hydrogen-bond donors (Lipinski definition) is 2. The van der Waals surface area contributed by atoms with Crippen molar-refractivity contribution in [1.82, 2.24) is 5.32 Å². The van der Waals surface area contributed by atoms with Gasteiger partial charge in [-0.05, 0) is 24.6 Å². The van der Waals surface area contributed by atoms with Gasteiger partial charge >= 0.3 is 0 Å². The zero-order valence-corrected chi connectivity index (χ0v) is 10.5. The molecule has 82 valence electrons. The van der Waals surface area contributed by atoms with Gasteiger partial charge in [0.15, 0.2) is 0 Å². The van der Waals surface area contributed by atoms with E-state index in [1.807, 2.05) is 19.1 Å². The van der Waals surface area contributed by atoms with Gasteiger partial charge in [-0.15, -0.1) is 0 Å².